The van der Waals surface area contributed by atoms with Gasteiger partial charge in [0.1, 0.15) is 0 Å². The average molecular weight is 239 g/mol. The number of hydrogen-bond acceptors (Lipinski definition) is 5. The van der Waals surface area contributed by atoms with Gasteiger partial charge in [-0.3, -0.25) is 9.63 Å². The van der Waals surface area contributed by atoms with Crippen LogP contribution in [-0.4, -0.2) is 52.7 Å². The van der Waals surface area contributed by atoms with Crippen LogP contribution in [-0.2, 0) is 4.84 Å². The molecule has 17 heavy (non-hydrogen) atoms. The zero-order valence-corrected chi connectivity index (χ0v) is 10.1. The third-order valence-electron chi connectivity index (χ3n) is 2.74. The maximum atomic E-state index is 12.0. The monoisotopic (exact) mass is 239 g/mol. The molecule has 7 nitrogen and oxygen atoms in total. The van der Waals surface area contributed by atoms with Gasteiger partial charge in [-0.05, 0) is 6.42 Å². The van der Waals surface area contributed by atoms with Gasteiger partial charge in [-0.2, -0.15) is 0 Å². The largest absolute Gasteiger partial charge is 0.312 e. The SMILES string of the molecule is CCCN(OC)C(=O)c1cn(C2CNC2)nn1. The third-order valence-corrected chi connectivity index (χ3v) is 2.74. The summed E-state index contributed by atoms with van der Waals surface area (Å²) in [5, 5.41) is 12.3. The van der Waals surface area contributed by atoms with E-state index in [1.54, 1.807) is 10.9 Å². The smallest absolute Gasteiger partial charge is 0.299 e. The Labute approximate surface area is 99.7 Å². The van der Waals surface area contributed by atoms with Crippen LogP contribution in [0.25, 0.3) is 0 Å². The van der Waals surface area contributed by atoms with Gasteiger partial charge in [0.15, 0.2) is 5.69 Å². The Balaban J connectivity index is 2.04. The zero-order chi connectivity index (χ0) is 12.3. The first kappa shape index (κ1) is 12.0. The molecule has 1 aliphatic rings. The Hall–Kier alpha value is -1.47. The molecule has 1 aromatic rings. The van der Waals surface area contributed by atoms with E-state index in [1.807, 2.05) is 6.92 Å². The fourth-order valence-electron chi connectivity index (χ4n) is 1.62. The molecule has 1 aliphatic heterocycles. The van der Waals surface area contributed by atoms with Gasteiger partial charge >= 0.3 is 0 Å². The van der Waals surface area contributed by atoms with Crippen LogP contribution in [0.5, 0.6) is 0 Å². The summed E-state index contributed by atoms with van der Waals surface area (Å²) in [6.45, 7) is 4.28. The van der Waals surface area contributed by atoms with Crippen LogP contribution in [0.4, 0.5) is 0 Å². The topological polar surface area (TPSA) is 72.3 Å². The van der Waals surface area contributed by atoms with Gasteiger partial charge in [0.05, 0.1) is 19.3 Å². The van der Waals surface area contributed by atoms with Crippen molar-refractivity contribution >= 4 is 5.91 Å². The molecule has 0 atom stereocenters. The quantitative estimate of drug-likeness (QED) is 0.723. The van der Waals surface area contributed by atoms with Crippen molar-refractivity contribution < 1.29 is 9.63 Å². The van der Waals surface area contributed by atoms with Crippen LogP contribution in [0.2, 0.25) is 0 Å². The molecular formula is C10H17N5O2. The summed E-state index contributed by atoms with van der Waals surface area (Å²) in [5.41, 5.74) is 0.326. The molecule has 1 N–H and O–H groups in total. The van der Waals surface area contributed by atoms with Crippen molar-refractivity contribution in [3.05, 3.63) is 11.9 Å². The molecule has 1 saturated heterocycles. The fraction of sp³-hybridized carbons (Fsp3) is 0.700. The number of nitrogens with zero attached hydrogens (tertiary/aromatic N) is 4. The highest BCUT2D eigenvalue weighted by Crippen LogP contribution is 2.11. The van der Waals surface area contributed by atoms with Gasteiger partial charge in [-0.25, -0.2) is 9.75 Å². The van der Waals surface area contributed by atoms with Crippen LogP contribution >= 0.6 is 0 Å². The van der Waals surface area contributed by atoms with Gasteiger partial charge in [-0.15, -0.1) is 5.10 Å². The van der Waals surface area contributed by atoms with E-state index in [2.05, 4.69) is 15.6 Å². The van der Waals surface area contributed by atoms with E-state index >= 15 is 0 Å². The fourth-order valence-corrected chi connectivity index (χ4v) is 1.62. The highest BCUT2D eigenvalue weighted by molar-refractivity contribution is 5.91. The van der Waals surface area contributed by atoms with Crippen molar-refractivity contribution in [3.63, 3.8) is 0 Å². The van der Waals surface area contributed by atoms with E-state index in [1.165, 1.54) is 12.2 Å². The lowest BCUT2D eigenvalue weighted by Gasteiger charge is -2.26. The van der Waals surface area contributed by atoms with Crippen LogP contribution in [0, 0.1) is 0 Å². The second-order valence-corrected chi connectivity index (χ2v) is 3.99. The third kappa shape index (κ3) is 2.45. The van der Waals surface area contributed by atoms with Crippen molar-refractivity contribution in [2.24, 2.45) is 0 Å². The second kappa shape index (κ2) is 5.24. The van der Waals surface area contributed by atoms with Crippen LogP contribution in [0.1, 0.15) is 29.9 Å². The molecule has 2 rings (SSSR count). The van der Waals surface area contributed by atoms with Crippen molar-refractivity contribution in [2.75, 3.05) is 26.7 Å². The zero-order valence-electron chi connectivity index (χ0n) is 10.1. The lowest BCUT2D eigenvalue weighted by molar-refractivity contribution is -0.0951. The molecule has 0 aromatic carbocycles. The first-order chi connectivity index (χ1) is 8.26. The molecule has 7 heteroatoms. The maximum Gasteiger partial charge on any atom is 0.299 e. The Kier molecular flexibility index (Phi) is 3.70. The molecule has 0 radical (unpaired) electrons. The van der Waals surface area contributed by atoms with Gasteiger partial charge in [0, 0.05) is 19.6 Å². The Morgan fingerprint density at radius 2 is 2.47 bits per heavy atom. The second-order valence-electron chi connectivity index (χ2n) is 3.99. The number of hydroxylamine groups is 2. The summed E-state index contributed by atoms with van der Waals surface area (Å²) in [7, 11) is 1.48. The van der Waals surface area contributed by atoms with Crippen molar-refractivity contribution in [3.8, 4) is 0 Å². The molecule has 1 fully saturated rings. The van der Waals surface area contributed by atoms with E-state index in [9.17, 15) is 4.79 Å². The van der Waals surface area contributed by atoms with Crippen molar-refractivity contribution in [1.82, 2.24) is 25.4 Å². The summed E-state index contributed by atoms with van der Waals surface area (Å²) >= 11 is 0. The van der Waals surface area contributed by atoms with E-state index < -0.39 is 0 Å². The average Bonchev–Trinajstić information content (AvgIpc) is 2.71. The summed E-state index contributed by atoms with van der Waals surface area (Å²) in [5.74, 6) is -0.243. The summed E-state index contributed by atoms with van der Waals surface area (Å²) < 4.78 is 1.73. The number of carbonyl (C=O) groups excluding carboxylic acids is 1. The van der Waals surface area contributed by atoms with E-state index in [4.69, 9.17) is 4.84 Å². The number of nitrogens with one attached hydrogen (secondary N) is 1. The Morgan fingerprint density at radius 1 is 1.71 bits per heavy atom. The number of aromatic nitrogens is 3. The molecule has 0 saturated carbocycles. The van der Waals surface area contributed by atoms with Crippen molar-refractivity contribution in [1.29, 1.82) is 0 Å². The van der Waals surface area contributed by atoms with E-state index in [0.29, 0.717) is 18.3 Å². The highest BCUT2D eigenvalue weighted by atomic mass is 16.7. The molecule has 2 heterocycles. The van der Waals surface area contributed by atoms with Gasteiger partial charge in [0.2, 0.25) is 0 Å². The molecule has 0 unspecified atom stereocenters. The van der Waals surface area contributed by atoms with Crippen LogP contribution in [0.15, 0.2) is 6.20 Å². The standard InChI is InChI=1S/C10H17N5O2/c1-3-4-15(17-2)10(16)9-7-14(13-12-9)8-5-11-6-8/h7-8,11H,3-6H2,1-2H3. The van der Waals surface area contributed by atoms with E-state index in [0.717, 1.165) is 19.5 Å². The molecule has 0 bridgehead atoms. The highest BCUT2D eigenvalue weighted by Gasteiger charge is 2.23. The van der Waals surface area contributed by atoms with Gasteiger partial charge in [0.25, 0.3) is 5.91 Å². The molecule has 0 aliphatic carbocycles. The predicted molar refractivity (Wildman–Crippen MR) is 60.3 cm³/mol. The summed E-state index contributed by atoms with van der Waals surface area (Å²) in [6.07, 6.45) is 2.51. The Morgan fingerprint density at radius 3 is 3.00 bits per heavy atom. The number of amides is 1. The van der Waals surface area contributed by atoms with Crippen LogP contribution < -0.4 is 5.32 Å². The van der Waals surface area contributed by atoms with Gasteiger partial charge in [-0.1, -0.05) is 12.1 Å². The Bertz CT molecular complexity index is 388. The predicted octanol–water partition coefficient (Wildman–Crippen LogP) is -0.164. The van der Waals surface area contributed by atoms with Crippen LogP contribution in [0.3, 0.4) is 0 Å². The number of hydrogen-bond donors (Lipinski definition) is 1. The molecule has 1 amide bonds. The summed E-state index contributed by atoms with van der Waals surface area (Å²) in [4.78, 5) is 17.0. The normalized spacial score (nSPS) is 15.6. The minimum atomic E-state index is -0.243. The lowest BCUT2D eigenvalue weighted by Crippen LogP contribution is -2.43. The minimum Gasteiger partial charge on any atom is -0.312 e. The lowest BCUT2D eigenvalue weighted by atomic mass is 10.2. The molecule has 1 aromatic heterocycles. The van der Waals surface area contributed by atoms with Gasteiger partial charge < -0.3 is 5.32 Å². The molecular weight excluding hydrogens is 222 g/mol. The minimum absolute atomic E-state index is 0.243. The first-order valence-corrected chi connectivity index (χ1v) is 5.74. The number of carbonyl (C=O) groups is 1. The molecule has 0 spiro atoms. The maximum absolute atomic E-state index is 12.0. The van der Waals surface area contributed by atoms with E-state index in [-0.39, 0.29) is 5.91 Å². The number of rotatable bonds is 5. The summed E-state index contributed by atoms with van der Waals surface area (Å²) in [6, 6.07) is 0.311. The van der Waals surface area contributed by atoms with Crippen molar-refractivity contribution in [2.45, 2.75) is 19.4 Å². The first-order valence-electron chi connectivity index (χ1n) is 5.74. The molecule has 94 valence electrons.